The van der Waals surface area contributed by atoms with Gasteiger partial charge in [0.2, 0.25) is 0 Å². The van der Waals surface area contributed by atoms with Gasteiger partial charge in [0.15, 0.2) is 0 Å². The fourth-order valence-corrected chi connectivity index (χ4v) is 1.29. The van der Waals surface area contributed by atoms with Gasteiger partial charge in [-0.25, -0.2) is 5.06 Å². The average Bonchev–Trinajstić information content (AvgIpc) is 2.34. The number of nitrogens with zero attached hydrogens (tertiary/aromatic N) is 2. The molecule has 0 bridgehead atoms. The van der Waals surface area contributed by atoms with Gasteiger partial charge in [-0.05, 0) is 18.2 Å². The maximum Gasteiger partial charge on any atom is 0.417 e. The average molecular weight is 258 g/mol. The van der Waals surface area contributed by atoms with Crippen LogP contribution in [0.4, 0.5) is 13.2 Å². The molecule has 0 aliphatic rings. The van der Waals surface area contributed by atoms with E-state index >= 15 is 0 Å². The van der Waals surface area contributed by atoms with Crippen molar-refractivity contribution in [3.63, 3.8) is 0 Å². The molecule has 96 valence electrons. The molecule has 0 spiro atoms. The van der Waals surface area contributed by atoms with Crippen LogP contribution < -0.4 is 0 Å². The van der Waals surface area contributed by atoms with Crippen molar-refractivity contribution in [3.05, 3.63) is 34.9 Å². The molecule has 0 unspecified atom stereocenters. The largest absolute Gasteiger partial charge is 0.417 e. The first-order valence-corrected chi connectivity index (χ1v) is 4.74. The normalized spacial score (nSPS) is 10.9. The van der Waals surface area contributed by atoms with Crippen LogP contribution in [0.25, 0.3) is 0 Å². The standard InChI is InChI=1S/C11H9F3N2O2/c1-16(18-2)10(17)8-5-7(6-15)3-4-9(8)11(12,13)14/h3-5H,1-2H3. The predicted octanol–water partition coefficient (Wildman–Crippen LogP) is 2.21. The third-order valence-electron chi connectivity index (χ3n) is 2.24. The Hall–Kier alpha value is -2.07. The molecule has 0 radical (unpaired) electrons. The van der Waals surface area contributed by atoms with E-state index in [4.69, 9.17) is 5.26 Å². The molecule has 0 saturated heterocycles. The molecule has 1 aromatic rings. The van der Waals surface area contributed by atoms with E-state index in [0.717, 1.165) is 19.2 Å². The van der Waals surface area contributed by atoms with Crippen molar-refractivity contribution in [2.75, 3.05) is 14.2 Å². The Balaban J connectivity index is 3.39. The quantitative estimate of drug-likeness (QED) is 0.764. The number of hydrogen-bond donors (Lipinski definition) is 0. The van der Waals surface area contributed by atoms with Gasteiger partial charge in [-0.15, -0.1) is 0 Å². The first-order valence-electron chi connectivity index (χ1n) is 4.74. The van der Waals surface area contributed by atoms with E-state index in [9.17, 15) is 18.0 Å². The van der Waals surface area contributed by atoms with E-state index in [1.165, 1.54) is 7.05 Å². The Kier molecular flexibility index (Phi) is 3.93. The number of alkyl halides is 3. The highest BCUT2D eigenvalue weighted by atomic mass is 19.4. The summed E-state index contributed by atoms with van der Waals surface area (Å²) in [6, 6.07) is 4.28. The van der Waals surface area contributed by atoms with Crippen molar-refractivity contribution in [1.29, 1.82) is 5.26 Å². The summed E-state index contributed by atoms with van der Waals surface area (Å²) < 4.78 is 38.2. The van der Waals surface area contributed by atoms with Crippen LogP contribution >= 0.6 is 0 Å². The summed E-state index contributed by atoms with van der Waals surface area (Å²) in [5, 5.41) is 9.30. The van der Waals surface area contributed by atoms with Crippen LogP contribution in [0.2, 0.25) is 0 Å². The van der Waals surface area contributed by atoms with E-state index in [1.807, 2.05) is 0 Å². The molecule has 0 N–H and O–H groups in total. The van der Waals surface area contributed by atoms with Crippen molar-refractivity contribution < 1.29 is 22.8 Å². The molecule has 7 heteroatoms. The minimum atomic E-state index is -4.67. The monoisotopic (exact) mass is 258 g/mol. The first kappa shape index (κ1) is 14.0. The summed E-state index contributed by atoms with van der Waals surface area (Å²) in [6.07, 6.45) is -4.67. The van der Waals surface area contributed by atoms with E-state index in [2.05, 4.69) is 4.84 Å². The Morgan fingerprint density at radius 1 is 1.44 bits per heavy atom. The number of nitriles is 1. The molecular weight excluding hydrogens is 249 g/mol. The molecular formula is C11H9F3N2O2. The van der Waals surface area contributed by atoms with Crippen LogP contribution in [-0.4, -0.2) is 25.1 Å². The van der Waals surface area contributed by atoms with Crippen LogP contribution in [-0.2, 0) is 11.0 Å². The molecule has 0 heterocycles. The number of hydrogen-bond acceptors (Lipinski definition) is 3. The fraction of sp³-hybridized carbons (Fsp3) is 0.273. The van der Waals surface area contributed by atoms with Crippen molar-refractivity contribution in [1.82, 2.24) is 5.06 Å². The minimum absolute atomic E-state index is 0.0316. The van der Waals surface area contributed by atoms with Crippen molar-refractivity contribution in [2.45, 2.75) is 6.18 Å². The summed E-state index contributed by atoms with van der Waals surface area (Å²) in [4.78, 5) is 16.2. The van der Waals surface area contributed by atoms with E-state index in [1.54, 1.807) is 6.07 Å². The summed E-state index contributed by atoms with van der Waals surface area (Å²) in [5.41, 5.74) is -1.75. The zero-order valence-corrected chi connectivity index (χ0v) is 9.58. The van der Waals surface area contributed by atoms with Crippen LogP contribution in [0.15, 0.2) is 18.2 Å². The number of benzene rings is 1. The number of rotatable bonds is 2. The Labute approximate surface area is 101 Å². The SMILES string of the molecule is CON(C)C(=O)c1cc(C#N)ccc1C(F)(F)F. The maximum atomic E-state index is 12.7. The molecule has 0 aromatic heterocycles. The van der Waals surface area contributed by atoms with Gasteiger partial charge in [-0.3, -0.25) is 9.63 Å². The zero-order valence-electron chi connectivity index (χ0n) is 9.58. The molecule has 1 aromatic carbocycles. The number of carbonyl (C=O) groups is 1. The van der Waals surface area contributed by atoms with Crippen LogP contribution in [0.1, 0.15) is 21.5 Å². The van der Waals surface area contributed by atoms with Crippen molar-refractivity contribution in [3.8, 4) is 6.07 Å². The fourth-order valence-electron chi connectivity index (χ4n) is 1.29. The molecule has 0 fully saturated rings. The number of carbonyl (C=O) groups excluding carboxylic acids is 1. The molecule has 4 nitrogen and oxygen atoms in total. The Bertz CT molecular complexity index is 506. The highest BCUT2D eigenvalue weighted by Crippen LogP contribution is 2.32. The topological polar surface area (TPSA) is 53.3 Å². The second-order valence-corrected chi connectivity index (χ2v) is 3.36. The van der Waals surface area contributed by atoms with Gasteiger partial charge in [-0.2, -0.15) is 18.4 Å². The molecule has 18 heavy (non-hydrogen) atoms. The Morgan fingerprint density at radius 2 is 2.06 bits per heavy atom. The lowest BCUT2D eigenvalue weighted by Crippen LogP contribution is -2.28. The van der Waals surface area contributed by atoms with Gasteiger partial charge >= 0.3 is 6.18 Å². The van der Waals surface area contributed by atoms with Crippen molar-refractivity contribution in [2.24, 2.45) is 0 Å². The van der Waals surface area contributed by atoms with Gasteiger partial charge in [0, 0.05) is 7.05 Å². The van der Waals surface area contributed by atoms with Crippen LogP contribution in [0.3, 0.4) is 0 Å². The van der Waals surface area contributed by atoms with Gasteiger partial charge in [0.1, 0.15) is 0 Å². The molecule has 0 aliphatic carbocycles. The van der Waals surface area contributed by atoms with Gasteiger partial charge in [-0.1, -0.05) is 0 Å². The lowest BCUT2D eigenvalue weighted by atomic mass is 10.0. The number of hydroxylamine groups is 2. The smallest absolute Gasteiger partial charge is 0.274 e. The number of halogens is 3. The van der Waals surface area contributed by atoms with E-state index in [0.29, 0.717) is 11.1 Å². The third kappa shape index (κ3) is 2.78. The Morgan fingerprint density at radius 3 is 2.50 bits per heavy atom. The second kappa shape index (κ2) is 5.06. The highest BCUT2D eigenvalue weighted by Gasteiger charge is 2.36. The van der Waals surface area contributed by atoms with Gasteiger partial charge < -0.3 is 0 Å². The van der Waals surface area contributed by atoms with Crippen LogP contribution in [0, 0.1) is 11.3 Å². The second-order valence-electron chi connectivity index (χ2n) is 3.36. The molecule has 1 rings (SSSR count). The summed E-state index contributed by atoms with van der Waals surface area (Å²) in [5.74, 6) is -0.970. The lowest BCUT2D eigenvalue weighted by Gasteiger charge is -2.17. The maximum absolute atomic E-state index is 12.7. The van der Waals surface area contributed by atoms with Crippen LogP contribution in [0.5, 0.6) is 0 Å². The molecule has 0 saturated carbocycles. The minimum Gasteiger partial charge on any atom is -0.274 e. The molecule has 1 amide bonds. The summed E-state index contributed by atoms with van der Waals surface area (Å²) >= 11 is 0. The van der Waals surface area contributed by atoms with E-state index < -0.39 is 23.2 Å². The molecule has 0 aliphatic heterocycles. The van der Waals surface area contributed by atoms with Gasteiger partial charge in [0.25, 0.3) is 5.91 Å². The zero-order chi connectivity index (χ0) is 13.9. The predicted molar refractivity (Wildman–Crippen MR) is 55.3 cm³/mol. The van der Waals surface area contributed by atoms with Crippen molar-refractivity contribution >= 4 is 5.91 Å². The van der Waals surface area contributed by atoms with E-state index in [-0.39, 0.29) is 5.56 Å². The summed E-state index contributed by atoms with van der Waals surface area (Å²) in [6.45, 7) is 0. The highest BCUT2D eigenvalue weighted by molar-refractivity contribution is 5.95. The lowest BCUT2D eigenvalue weighted by molar-refractivity contribution is -0.138. The third-order valence-corrected chi connectivity index (χ3v) is 2.24. The first-order chi connectivity index (χ1) is 8.31. The summed E-state index contributed by atoms with van der Waals surface area (Å²) in [7, 11) is 2.33. The van der Waals surface area contributed by atoms with Gasteiger partial charge in [0.05, 0.1) is 29.9 Å². The molecule has 0 atom stereocenters. The number of amides is 1.